The number of hydrogen-bond donors (Lipinski definition) is 4. The first-order chi connectivity index (χ1) is 24.2. The number of amides is 1. The lowest BCUT2D eigenvalue weighted by Crippen LogP contribution is -2.39. The molecule has 2 aromatic heterocycles. The van der Waals surface area contributed by atoms with Gasteiger partial charge in [0.2, 0.25) is 0 Å². The molecule has 2 aliphatic rings. The summed E-state index contributed by atoms with van der Waals surface area (Å²) in [4.78, 5) is 47.4. The van der Waals surface area contributed by atoms with Crippen molar-refractivity contribution in [3.05, 3.63) is 111 Å². The zero-order valence-corrected chi connectivity index (χ0v) is 29.1. The average Bonchev–Trinajstić information content (AvgIpc) is 4.04. The Morgan fingerprint density at radius 1 is 0.840 bits per heavy atom. The van der Waals surface area contributed by atoms with Crippen molar-refractivity contribution in [2.45, 2.75) is 96.6 Å². The van der Waals surface area contributed by atoms with Gasteiger partial charge in [-0.2, -0.15) is 0 Å². The summed E-state index contributed by atoms with van der Waals surface area (Å²) in [7, 11) is 0. The molecule has 2 heterocycles. The molecule has 0 unspecified atom stereocenters. The molecule has 260 valence electrons. The number of nitrogens with one attached hydrogen (secondary N) is 2. The molecule has 9 nitrogen and oxygen atoms in total. The summed E-state index contributed by atoms with van der Waals surface area (Å²) in [5.74, 6) is -0.581. The number of carbonyl (C=O) groups excluding carboxylic acids is 2. The highest BCUT2D eigenvalue weighted by Crippen LogP contribution is 2.43. The second-order valence-corrected chi connectivity index (χ2v) is 13.8. The van der Waals surface area contributed by atoms with Gasteiger partial charge in [0.25, 0.3) is 5.91 Å². The van der Waals surface area contributed by atoms with Crippen molar-refractivity contribution in [2.24, 2.45) is 0 Å². The molecular formula is C41H46N4O5. The number of aromatic nitrogens is 2. The van der Waals surface area contributed by atoms with Gasteiger partial charge in [-0.25, -0.2) is 0 Å². The molecule has 0 spiro atoms. The SMILES string of the molecule is CCCCc1cnc(C(=O)Nc2cccc(-c3cccc(CC(=O)c4cc(C5CC5)c(CN[C@H](CO)C(=O)O)cn4)c3C)c2C)cc1C1CC1. The first kappa shape index (κ1) is 35.1. The van der Waals surface area contributed by atoms with Crippen molar-refractivity contribution >= 4 is 23.3 Å². The predicted octanol–water partition coefficient (Wildman–Crippen LogP) is 7.07. The molecule has 2 aromatic carbocycles. The van der Waals surface area contributed by atoms with Gasteiger partial charge in [-0.1, -0.05) is 43.7 Å². The summed E-state index contributed by atoms with van der Waals surface area (Å²) in [6.07, 6.45) is 11.3. The summed E-state index contributed by atoms with van der Waals surface area (Å²) < 4.78 is 0. The Kier molecular flexibility index (Phi) is 10.8. The lowest BCUT2D eigenvalue weighted by Gasteiger charge is -2.17. The largest absolute Gasteiger partial charge is 0.480 e. The second-order valence-electron chi connectivity index (χ2n) is 13.8. The van der Waals surface area contributed by atoms with Gasteiger partial charge in [-0.15, -0.1) is 0 Å². The number of aryl methyl sites for hydroxylation is 1. The molecule has 6 rings (SSSR count). The Labute approximate surface area is 293 Å². The highest BCUT2D eigenvalue weighted by Gasteiger charge is 2.29. The van der Waals surface area contributed by atoms with Crippen LogP contribution in [0.1, 0.15) is 117 Å². The van der Waals surface area contributed by atoms with E-state index in [0.29, 0.717) is 23.2 Å². The van der Waals surface area contributed by atoms with Crippen LogP contribution in [0, 0.1) is 13.8 Å². The van der Waals surface area contributed by atoms with Gasteiger partial charge in [0.15, 0.2) is 5.78 Å². The molecule has 9 heteroatoms. The van der Waals surface area contributed by atoms with Gasteiger partial charge in [0, 0.05) is 31.0 Å². The molecule has 0 bridgehead atoms. The Balaban J connectivity index is 1.19. The summed E-state index contributed by atoms with van der Waals surface area (Å²) in [6, 6.07) is 14.6. The van der Waals surface area contributed by atoms with E-state index in [4.69, 9.17) is 0 Å². The monoisotopic (exact) mass is 674 g/mol. The number of carbonyl (C=O) groups is 3. The number of aliphatic hydroxyl groups is 1. The van der Waals surface area contributed by atoms with E-state index >= 15 is 0 Å². The molecule has 0 radical (unpaired) electrons. The molecule has 2 fully saturated rings. The second kappa shape index (κ2) is 15.4. The number of carboxylic acid groups (broad SMARTS) is 1. The maximum atomic E-state index is 13.6. The topological polar surface area (TPSA) is 142 Å². The van der Waals surface area contributed by atoms with Crippen LogP contribution in [0.3, 0.4) is 0 Å². The van der Waals surface area contributed by atoms with Crippen LogP contribution in [-0.4, -0.2) is 50.5 Å². The fraction of sp³-hybridized carbons (Fsp3) is 0.390. The van der Waals surface area contributed by atoms with E-state index < -0.39 is 18.6 Å². The third kappa shape index (κ3) is 8.01. The van der Waals surface area contributed by atoms with Crippen LogP contribution in [0.5, 0.6) is 0 Å². The van der Waals surface area contributed by atoms with E-state index in [9.17, 15) is 24.6 Å². The number of hydrogen-bond acceptors (Lipinski definition) is 7. The molecule has 4 N–H and O–H groups in total. The molecule has 1 amide bonds. The normalized spacial score (nSPS) is 14.7. The lowest BCUT2D eigenvalue weighted by molar-refractivity contribution is -0.140. The van der Waals surface area contributed by atoms with Crippen LogP contribution < -0.4 is 10.6 Å². The highest BCUT2D eigenvalue weighted by atomic mass is 16.4. The quantitative estimate of drug-likeness (QED) is 0.0925. The van der Waals surface area contributed by atoms with Gasteiger partial charge in [-0.3, -0.25) is 29.7 Å². The number of benzene rings is 2. The minimum atomic E-state index is -1.12. The van der Waals surface area contributed by atoms with Crippen LogP contribution in [-0.2, 0) is 24.2 Å². The number of pyridine rings is 2. The van der Waals surface area contributed by atoms with Gasteiger partial charge < -0.3 is 15.5 Å². The number of nitrogens with zero attached hydrogens (tertiary/aromatic N) is 2. The van der Waals surface area contributed by atoms with Crippen molar-refractivity contribution in [3.8, 4) is 11.1 Å². The summed E-state index contributed by atoms with van der Waals surface area (Å²) in [5.41, 5.74) is 10.7. The number of Topliss-reactive ketones (excluding diaryl/α,β-unsaturated/α-hetero) is 1. The Hall–Kier alpha value is -4.73. The zero-order valence-electron chi connectivity index (χ0n) is 29.1. The molecule has 50 heavy (non-hydrogen) atoms. The van der Waals surface area contributed by atoms with E-state index in [0.717, 1.165) is 76.7 Å². The van der Waals surface area contributed by atoms with Crippen LogP contribution in [0.2, 0.25) is 0 Å². The smallest absolute Gasteiger partial charge is 0.323 e. The molecule has 2 saturated carbocycles. The fourth-order valence-corrected chi connectivity index (χ4v) is 6.69. The summed E-state index contributed by atoms with van der Waals surface area (Å²) in [6.45, 7) is 5.93. The van der Waals surface area contributed by atoms with Crippen molar-refractivity contribution in [1.29, 1.82) is 0 Å². The van der Waals surface area contributed by atoms with Crippen molar-refractivity contribution < 1.29 is 24.6 Å². The van der Waals surface area contributed by atoms with E-state index in [1.54, 1.807) is 6.20 Å². The van der Waals surface area contributed by atoms with Gasteiger partial charge >= 0.3 is 5.97 Å². The number of anilines is 1. The van der Waals surface area contributed by atoms with Gasteiger partial charge in [-0.05, 0) is 132 Å². The Morgan fingerprint density at radius 2 is 1.46 bits per heavy atom. The van der Waals surface area contributed by atoms with E-state index in [1.165, 1.54) is 24.0 Å². The molecule has 2 aliphatic carbocycles. The van der Waals surface area contributed by atoms with E-state index in [1.807, 2.05) is 68.6 Å². The van der Waals surface area contributed by atoms with Gasteiger partial charge in [0.1, 0.15) is 17.4 Å². The van der Waals surface area contributed by atoms with Crippen molar-refractivity contribution in [1.82, 2.24) is 15.3 Å². The Bertz CT molecular complexity index is 1910. The fourth-order valence-electron chi connectivity index (χ4n) is 6.69. The third-order valence-electron chi connectivity index (χ3n) is 10.1. The van der Waals surface area contributed by atoms with Crippen LogP contribution >= 0.6 is 0 Å². The minimum Gasteiger partial charge on any atom is -0.480 e. The minimum absolute atomic E-state index is 0.0954. The molecule has 0 saturated heterocycles. The maximum Gasteiger partial charge on any atom is 0.323 e. The van der Waals surface area contributed by atoms with E-state index in [-0.39, 0.29) is 24.7 Å². The molecular weight excluding hydrogens is 628 g/mol. The standard InChI is InChI=1S/C41H46N4O5/c1-4-5-8-29-20-43-37(19-33(29)26-13-14-26)40(48)45-35-12-7-11-32(25(35)3)31-10-6-9-28(24(31)2)17-39(47)36-18-34(27-15-16-27)30(21-42-36)22-44-38(23-46)41(49)50/h6-7,9-12,18-21,26-27,38,44,46H,4-5,8,13-17,22-23H2,1-3H3,(H,45,48)(H,49,50)/t38-/m1/s1. The molecule has 4 aromatic rings. The maximum absolute atomic E-state index is 13.6. The summed E-state index contributed by atoms with van der Waals surface area (Å²) >= 11 is 0. The lowest BCUT2D eigenvalue weighted by atomic mass is 9.90. The highest BCUT2D eigenvalue weighted by molar-refractivity contribution is 6.04. The van der Waals surface area contributed by atoms with E-state index in [2.05, 4.69) is 27.5 Å². The number of ketones is 1. The average molecular weight is 675 g/mol. The van der Waals surface area contributed by atoms with Crippen molar-refractivity contribution in [2.75, 3.05) is 11.9 Å². The number of rotatable bonds is 16. The first-order valence-electron chi connectivity index (χ1n) is 17.8. The van der Waals surface area contributed by atoms with Crippen LogP contribution in [0.4, 0.5) is 5.69 Å². The molecule has 0 aliphatic heterocycles. The zero-order chi connectivity index (χ0) is 35.4. The Morgan fingerprint density at radius 3 is 2.12 bits per heavy atom. The number of unbranched alkanes of at least 4 members (excludes halogenated alkanes) is 1. The van der Waals surface area contributed by atoms with Crippen molar-refractivity contribution in [3.63, 3.8) is 0 Å². The third-order valence-corrected chi connectivity index (χ3v) is 10.1. The summed E-state index contributed by atoms with van der Waals surface area (Å²) in [5, 5.41) is 24.6. The molecule has 1 atom stereocenters. The van der Waals surface area contributed by atoms with Gasteiger partial charge in [0.05, 0.1) is 6.61 Å². The number of carboxylic acids is 1. The predicted molar refractivity (Wildman–Crippen MR) is 194 cm³/mol. The van der Waals surface area contributed by atoms with Crippen LogP contribution in [0.25, 0.3) is 11.1 Å². The first-order valence-corrected chi connectivity index (χ1v) is 17.8. The van der Waals surface area contributed by atoms with Crippen LogP contribution in [0.15, 0.2) is 60.9 Å². The number of aliphatic carboxylic acids is 1. The number of aliphatic hydroxyl groups excluding tert-OH is 1.